The Morgan fingerprint density at radius 1 is 1.31 bits per heavy atom. The zero-order valence-electron chi connectivity index (χ0n) is 18.5. The number of aliphatic carboxylic acids is 1. The van der Waals surface area contributed by atoms with Gasteiger partial charge >= 0.3 is 5.97 Å². The first-order valence-electron chi connectivity index (χ1n) is 11.2. The Balaban J connectivity index is 1.64. The van der Waals surface area contributed by atoms with Crippen molar-refractivity contribution in [3.63, 3.8) is 0 Å². The number of sulfonamides is 1. The second-order valence-corrected chi connectivity index (χ2v) is 9.87. The molecule has 184 valence electrons. The lowest BCUT2D eigenvalue weighted by Gasteiger charge is -2.19. The quantitative estimate of drug-likeness (QED) is 0.163. The van der Waals surface area contributed by atoms with E-state index in [1.807, 2.05) is 13.1 Å². The Labute approximate surface area is 189 Å². The van der Waals surface area contributed by atoms with Gasteiger partial charge in [0.2, 0.25) is 15.9 Å². The summed E-state index contributed by atoms with van der Waals surface area (Å²) < 4.78 is 26.0. The van der Waals surface area contributed by atoms with Crippen molar-refractivity contribution in [3.8, 4) is 0 Å². The molecule has 0 bridgehead atoms. The second-order valence-electron chi connectivity index (χ2n) is 8.00. The van der Waals surface area contributed by atoms with E-state index < -0.39 is 34.0 Å². The molecule has 0 aromatic carbocycles. The van der Waals surface area contributed by atoms with Crippen molar-refractivity contribution >= 4 is 28.1 Å². The van der Waals surface area contributed by atoms with Crippen LogP contribution in [-0.2, 0) is 24.4 Å². The Hall–Kier alpha value is -1.64. The third kappa shape index (κ3) is 9.88. The molecular formula is C19H36N6O6S. The zero-order chi connectivity index (χ0) is 23.4. The molecule has 2 rings (SSSR count). The minimum absolute atomic E-state index is 0.0213. The minimum atomic E-state index is -3.73. The molecule has 6 N–H and O–H groups in total. The average molecular weight is 477 g/mol. The SMILES string of the molecule is CCCCS(=O)(=O)NC(CNC(=O)C1CC(CCCCNC2N=CCCN2)ON1)C(=O)O. The van der Waals surface area contributed by atoms with Crippen molar-refractivity contribution in [2.24, 2.45) is 4.99 Å². The van der Waals surface area contributed by atoms with Crippen molar-refractivity contribution in [2.45, 2.75) is 76.3 Å². The monoisotopic (exact) mass is 476 g/mol. The summed E-state index contributed by atoms with van der Waals surface area (Å²) >= 11 is 0. The molecule has 4 unspecified atom stereocenters. The molecular weight excluding hydrogens is 440 g/mol. The van der Waals surface area contributed by atoms with Gasteiger partial charge in [-0.1, -0.05) is 13.3 Å². The van der Waals surface area contributed by atoms with Gasteiger partial charge in [-0.2, -0.15) is 10.2 Å². The lowest BCUT2D eigenvalue weighted by atomic mass is 10.1. The molecule has 12 nitrogen and oxygen atoms in total. The van der Waals surface area contributed by atoms with Gasteiger partial charge < -0.3 is 10.4 Å². The summed E-state index contributed by atoms with van der Waals surface area (Å²) in [4.78, 5) is 33.5. The number of nitrogens with zero attached hydrogens (tertiary/aromatic N) is 1. The number of hydroxylamine groups is 1. The van der Waals surface area contributed by atoms with Gasteiger partial charge in [-0.3, -0.25) is 30.1 Å². The number of carboxylic acids is 1. The molecule has 0 radical (unpaired) electrons. The first-order valence-corrected chi connectivity index (χ1v) is 12.9. The molecule has 32 heavy (non-hydrogen) atoms. The highest BCUT2D eigenvalue weighted by molar-refractivity contribution is 7.89. The second kappa shape index (κ2) is 13.8. The largest absolute Gasteiger partial charge is 0.480 e. The molecule has 2 heterocycles. The lowest BCUT2D eigenvalue weighted by Crippen LogP contribution is -2.51. The Morgan fingerprint density at radius 3 is 2.81 bits per heavy atom. The number of hydrogen-bond donors (Lipinski definition) is 6. The third-order valence-corrected chi connectivity index (χ3v) is 6.68. The number of nitrogens with one attached hydrogen (secondary N) is 5. The van der Waals surface area contributed by atoms with E-state index in [0.717, 1.165) is 38.8 Å². The minimum Gasteiger partial charge on any atom is -0.480 e. The summed E-state index contributed by atoms with van der Waals surface area (Å²) in [5, 5.41) is 18.3. The topological polar surface area (TPSA) is 170 Å². The molecule has 0 saturated carbocycles. The van der Waals surface area contributed by atoms with Crippen LogP contribution >= 0.6 is 0 Å². The number of carbonyl (C=O) groups is 2. The van der Waals surface area contributed by atoms with Crippen LogP contribution in [0.4, 0.5) is 0 Å². The van der Waals surface area contributed by atoms with Crippen LogP contribution in [0, 0.1) is 0 Å². The molecule has 1 fully saturated rings. The molecule has 2 aliphatic heterocycles. The van der Waals surface area contributed by atoms with Crippen molar-refractivity contribution in [3.05, 3.63) is 0 Å². The number of carboxylic acid groups (broad SMARTS) is 1. The maximum Gasteiger partial charge on any atom is 0.323 e. The van der Waals surface area contributed by atoms with Crippen molar-refractivity contribution in [2.75, 3.05) is 25.4 Å². The lowest BCUT2D eigenvalue weighted by molar-refractivity contribution is -0.139. The maximum absolute atomic E-state index is 12.4. The van der Waals surface area contributed by atoms with E-state index in [-0.39, 0.29) is 24.7 Å². The van der Waals surface area contributed by atoms with Crippen LogP contribution in [0.2, 0.25) is 0 Å². The third-order valence-electron chi connectivity index (χ3n) is 5.22. The molecule has 0 spiro atoms. The fourth-order valence-electron chi connectivity index (χ4n) is 3.37. The number of amides is 1. The van der Waals surface area contributed by atoms with E-state index in [1.165, 1.54) is 0 Å². The highest BCUT2D eigenvalue weighted by atomic mass is 32.2. The van der Waals surface area contributed by atoms with E-state index in [0.29, 0.717) is 19.3 Å². The molecule has 2 aliphatic rings. The van der Waals surface area contributed by atoms with Crippen LogP contribution in [0.15, 0.2) is 4.99 Å². The Kier molecular flexibility index (Phi) is 11.5. The molecule has 4 atom stereocenters. The van der Waals surface area contributed by atoms with Gasteiger partial charge in [-0.15, -0.1) is 0 Å². The van der Waals surface area contributed by atoms with Gasteiger partial charge in [0, 0.05) is 25.7 Å². The summed E-state index contributed by atoms with van der Waals surface area (Å²) in [6, 6.07) is -2.03. The van der Waals surface area contributed by atoms with Crippen LogP contribution in [0.25, 0.3) is 0 Å². The number of rotatable bonds is 15. The van der Waals surface area contributed by atoms with Gasteiger partial charge in [-0.25, -0.2) is 8.42 Å². The number of carbonyl (C=O) groups excluding carboxylic acids is 1. The number of hydrogen-bond acceptors (Lipinski definition) is 9. The first kappa shape index (κ1) is 26.6. The number of unbranched alkanes of at least 4 members (excludes halogenated alkanes) is 2. The summed E-state index contributed by atoms with van der Waals surface area (Å²) in [5.41, 5.74) is 2.69. The normalized spacial score (nSPS) is 24.3. The van der Waals surface area contributed by atoms with E-state index in [9.17, 15) is 23.1 Å². The molecule has 0 aromatic heterocycles. The van der Waals surface area contributed by atoms with Crippen molar-refractivity contribution < 1.29 is 28.0 Å². The van der Waals surface area contributed by atoms with Gasteiger partial charge in [0.25, 0.3) is 0 Å². The molecule has 1 amide bonds. The fourth-order valence-corrected chi connectivity index (χ4v) is 4.77. The Bertz CT molecular complexity index is 734. The number of aliphatic imine (C=N–C) groups is 1. The van der Waals surface area contributed by atoms with E-state index in [4.69, 9.17) is 4.84 Å². The standard InChI is InChI=1S/C19H36N6O6S/c1-2-3-11-32(29,30)25-16(18(27)28)13-23-17(26)15-12-14(31-24-15)7-4-5-8-20-19-21-9-6-10-22-19/h9,14-16,19-20,22,24-25H,2-8,10-13H2,1H3,(H,23,26)(H,27,28). The first-order chi connectivity index (χ1) is 15.3. The van der Waals surface area contributed by atoms with Crippen molar-refractivity contribution in [1.82, 2.24) is 26.2 Å². The predicted octanol–water partition coefficient (Wildman–Crippen LogP) is -0.955. The smallest absolute Gasteiger partial charge is 0.323 e. The highest BCUT2D eigenvalue weighted by Crippen LogP contribution is 2.16. The van der Waals surface area contributed by atoms with E-state index in [2.05, 4.69) is 31.1 Å². The van der Waals surface area contributed by atoms with Gasteiger partial charge in [-0.05, 0) is 38.6 Å². The highest BCUT2D eigenvalue weighted by Gasteiger charge is 2.32. The van der Waals surface area contributed by atoms with Gasteiger partial charge in [0.1, 0.15) is 12.1 Å². The van der Waals surface area contributed by atoms with Gasteiger partial charge in [0.15, 0.2) is 6.29 Å². The fraction of sp³-hybridized carbons (Fsp3) is 0.842. The predicted molar refractivity (Wildman–Crippen MR) is 119 cm³/mol. The maximum atomic E-state index is 12.4. The summed E-state index contributed by atoms with van der Waals surface area (Å²) in [5.74, 6) is -1.92. The molecule has 1 saturated heterocycles. The van der Waals surface area contributed by atoms with Crippen LogP contribution in [0.1, 0.15) is 51.9 Å². The molecule has 13 heteroatoms. The van der Waals surface area contributed by atoms with E-state index in [1.54, 1.807) is 0 Å². The van der Waals surface area contributed by atoms with Gasteiger partial charge in [0.05, 0.1) is 11.9 Å². The Morgan fingerprint density at radius 2 is 2.12 bits per heavy atom. The molecule has 0 aliphatic carbocycles. The van der Waals surface area contributed by atoms with Crippen molar-refractivity contribution in [1.29, 1.82) is 0 Å². The average Bonchev–Trinajstić information content (AvgIpc) is 3.24. The zero-order valence-corrected chi connectivity index (χ0v) is 19.3. The van der Waals surface area contributed by atoms with Crippen LogP contribution in [0.5, 0.6) is 0 Å². The summed E-state index contributed by atoms with van der Waals surface area (Å²) in [7, 11) is -3.73. The van der Waals surface area contributed by atoms with Crippen LogP contribution in [-0.4, -0.2) is 81.5 Å². The summed E-state index contributed by atoms with van der Waals surface area (Å²) in [6.45, 7) is 3.25. The van der Waals surface area contributed by atoms with Crippen LogP contribution < -0.4 is 26.2 Å². The summed E-state index contributed by atoms with van der Waals surface area (Å²) in [6.07, 6.45) is 6.96. The van der Waals surface area contributed by atoms with E-state index >= 15 is 0 Å². The van der Waals surface area contributed by atoms with Crippen LogP contribution in [0.3, 0.4) is 0 Å². The molecule has 0 aromatic rings.